The molecule has 4 rings (SSSR count). The molecule has 0 aliphatic carbocycles. The molecule has 1 aliphatic heterocycles. The first-order valence-corrected chi connectivity index (χ1v) is 16.1. The summed E-state index contributed by atoms with van der Waals surface area (Å²) in [5, 5.41) is 28.5. The molecular weight excluding hydrogens is 566 g/mol. The number of aliphatic hydroxyl groups is 2. The maximum Gasteiger partial charge on any atom is 0.251 e. The summed E-state index contributed by atoms with van der Waals surface area (Å²) in [5.41, 5.74) is 1.93. The van der Waals surface area contributed by atoms with E-state index in [2.05, 4.69) is 10.6 Å². The van der Waals surface area contributed by atoms with Crippen molar-refractivity contribution in [2.75, 3.05) is 13.1 Å². The first kappa shape index (κ1) is 32.3. The van der Waals surface area contributed by atoms with Crippen molar-refractivity contribution in [3.8, 4) is 0 Å². The molecule has 4 N–H and O–H groups in total. The van der Waals surface area contributed by atoms with Crippen LogP contribution >= 0.6 is 0 Å². The molecule has 2 amide bonds. The smallest absolute Gasteiger partial charge is 0.251 e. The Labute approximate surface area is 254 Å². The van der Waals surface area contributed by atoms with Gasteiger partial charge in [-0.05, 0) is 60.6 Å². The highest BCUT2D eigenvalue weighted by molar-refractivity contribution is 7.89. The van der Waals surface area contributed by atoms with Crippen molar-refractivity contribution >= 4 is 21.8 Å². The summed E-state index contributed by atoms with van der Waals surface area (Å²) in [6.45, 7) is 4.83. The van der Waals surface area contributed by atoms with Crippen molar-refractivity contribution in [2.45, 2.75) is 62.8 Å². The maximum atomic E-state index is 13.3. The average molecular weight is 608 g/mol. The lowest BCUT2D eigenvalue weighted by atomic mass is 9.83. The van der Waals surface area contributed by atoms with Gasteiger partial charge in [0.25, 0.3) is 5.91 Å². The van der Waals surface area contributed by atoms with Crippen LogP contribution in [0.25, 0.3) is 0 Å². The Kier molecular flexibility index (Phi) is 11.1. The predicted molar refractivity (Wildman–Crippen MR) is 164 cm³/mol. The largest absolute Gasteiger partial charge is 0.390 e. The minimum absolute atomic E-state index is 0.114. The molecule has 1 heterocycles. The van der Waals surface area contributed by atoms with Gasteiger partial charge in [0.05, 0.1) is 23.0 Å². The first-order chi connectivity index (χ1) is 20.6. The van der Waals surface area contributed by atoms with Crippen LogP contribution in [0.15, 0.2) is 89.8 Å². The van der Waals surface area contributed by atoms with Gasteiger partial charge < -0.3 is 20.8 Å². The molecular formula is C33H41N3O6S. The zero-order valence-electron chi connectivity index (χ0n) is 24.6. The molecule has 10 heteroatoms. The monoisotopic (exact) mass is 607 g/mol. The van der Waals surface area contributed by atoms with Crippen molar-refractivity contribution < 1.29 is 28.2 Å². The van der Waals surface area contributed by atoms with Crippen LogP contribution in [0.4, 0.5) is 0 Å². The van der Waals surface area contributed by atoms with E-state index in [0.717, 1.165) is 24.0 Å². The zero-order chi connectivity index (χ0) is 31.0. The SMILES string of the molecule is CC(C)C(C(=O)NCc1ccccc1)C(O)C(O)C(Cc1ccccc1)NC(=O)c1ccc(S(=O)(=O)N2CCCC2)cc1. The average Bonchev–Trinajstić information content (AvgIpc) is 3.57. The second kappa shape index (κ2) is 14.7. The Bertz CT molecular complexity index is 1440. The van der Waals surface area contributed by atoms with E-state index >= 15 is 0 Å². The summed E-state index contributed by atoms with van der Waals surface area (Å²) in [7, 11) is -3.63. The van der Waals surface area contributed by atoms with Crippen molar-refractivity contribution in [1.82, 2.24) is 14.9 Å². The lowest BCUT2D eigenvalue weighted by Crippen LogP contribution is -2.54. The molecule has 4 unspecified atom stereocenters. The second-order valence-corrected chi connectivity index (χ2v) is 13.3. The Balaban J connectivity index is 1.51. The predicted octanol–water partition coefficient (Wildman–Crippen LogP) is 3.12. The van der Waals surface area contributed by atoms with Crippen LogP contribution < -0.4 is 10.6 Å². The van der Waals surface area contributed by atoms with Crippen LogP contribution in [0.5, 0.6) is 0 Å². The fourth-order valence-corrected chi connectivity index (χ4v) is 6.96. The Morgan fingerprint density at radius 3 is 1.93 bits per heavy atom. The topological polar surface area (TPSA) is 136 Å². The highest BCUT2D eigenvalue weighted by Crippen LogP contribution is 2.23. The first-order valence-electron chi connectivity index (χ1n) is 14.7. The Morgan fingerprint density at radius 2 is 1.37 bits per heavy atom. The molecule has 0 bridgehead atoms. The third kappa shape index (κ3) is 8.29. The number of carbonyl (C=O) groups is 2. The van der Waals surface area contributed by atoms with Gasteiger partial charge in [0, 0.05) is 25.2 Å². The van der Waals surface area contributed by atoms with Crippen LogP contribution in [0.2, 0.25) is 0 Å². The number of benzene rings is 3. The summed E-state index contributed by atoms with van der Waals surface area (Å²) in [6, 6.07) is 23.4. The number of hydrogen-bond acceptors (Lipinski definition) is 6. The molecule has 0 saturated carbocycles. The van der Waals surface area contributed by atoms with E-state index in [9.17, 15) is 28.2 Å². The van der Waals surface area contributed by atoms with Gasteiger partial charge in [-0.2, -0.15) is 4.31 Å². The molecule has 43 heavy (non-hydrogen) atoms. The number of nitrogens with one attached hydrogen (secondary N) is 2. The highest BCUT2D eigenvalue weighted by atomic mass is 32.2. The van der Waals surface area contributed by atoms with Gasteiger partial charge in [0.1, 0.15) is 6.10 Å². The minimum Gasteiger partial charge on any atom is -0.390 e. The van der Waals surface area contributed by atoms with Gasteiger partial charge >= 0.3 is 0 Å². The van der Waals surface area contributed by atoms with Crippen LogP contribution in [0.1, 0.15) is 48.2 Å². The van der Waals surface area contributed by atoms with Crippen LogP contribution in [-0.4, -0.2) is 66.1 Å². The molecule has 3 aromatic rings. The summed E-state index contributed by atoms with van der Waals surface area (Å²) in [4.78, 5) is 26.7. The van der Waals surface area contributed by atoms with E-state index in [1.165, 1.54) is 28.6 Å². The van der Waals surface area contributed by atoms with Gasteiger partial charge in [-0.25, -0.2) is 8.42 Å². The molecule has 1 saturated heterocycles. The van der Waals surface area contributed by atoms with E-state index in [0.29, 0.717) is 13.1 Å². The van der Waals surface area contributed by atoms with Crippen molar-refractivity contribution in [3.63, 3.8) is 0 Å². The molecule has 4 atom stereocenters. The van der Waals surface area contributed by atoms with Gasteiger partial charge in [-0.1, -0.05) is 74.5 Å². The number of aliphatic hydroxyl groups excluding tert-OH is 2. The van der Waals surface area contributed by atoms with E-state index in [1.807, 2.05) is 60.7 Å². The quantitative estimate of drug-likeness (QED) is 0.236. The molecule has 3 aromatic carbocycles. The van der Waals surface area contributed by atoms with Gasteiger partial charge in [-0.15, -0.1) is 0 Å². The number of hydrogen-bond donors (Lipinski definition) is 4. The molecule has 9 nitrogen and oxygen atoms in total. The molecule has 0 spiro atoms. The van der Waals surface area contributed by atoms with Gasteiger partial charge in [-0.3, -0.25) is 9.59 Å². The lowest BCUT2D eigenvalue weighted by Gasteiger charge is -2.33. The summed E-state index contributed by atoms with van der Waals surface area (Å²) in [5.74, 6) is -2.18. The summed E-state index contributed by atoms with van der Waals surface area (Å²) >= 11 is 0. The molecule has 0 radical (unpaired) electrons. The molecule has 1 aliphatic rings. The highest BCUT2D eigenvalue weighted by Gasteiger charge is 2.38. The van der Waals surface area contributed by atoms with Crippen LogP contribution in [-0.2, 0) is 27.8 Å². The van der Waals surface area contributed by atoms with Gasteiger partial charge in [0.15, 0.2) is 0 Å². The second-order valence-electron chi connectivity index (χ2n) is 11.4. The number of nitrogens with zero attached hydrogens (tertiary/aromatic N) is 1. The Morgan fingerprint density at radius 1 is 0.814 bits per heavy atom. The Hall–Kier alpha value is -3.57. The third-order valence-electron chi connectivity index (χ3n) is 7.89. The number of rotatable bonds is 13. The van der Waals surface area contributed by atoms with E-state index in [-0.39, 0.29) is 29.3 Å². The fourth-order valence-electron chi connectivity index (χ4n) is 5.44. The lowest BCUT2D eigenvalue weighted by molar-refractivity contribution is -0.135. The van der Waals surface area contributed by atoms with Crippen molar-refractivity contribution in [2.24, 2.45) is 11.8 Å². The fraction of sp³-hybridized carbons (Fsp3) is 0.394. The van der Waals surface area contributed by atoms with Crippen LogP contribution in [0.3, 0.4) is 0 Å². The van der Waals surface area contributed by atoms with Crippen LogP contribution in [0, 0.1) is 11.8 Å². The third-order valence-corrected chi connectivity index (χ3v) is 9.81. The molecule has 1 fully saturated rings. The van der Waals surface area contributed by atoms with Gasteiger partial charge in [0.2, 0.25) is 15.9 Å². The number of sulfonamides is 1. The number of amides is 2. The van der Waals surface area contributed by atoms with Crippen molar-refractivity contribution in [3.05, 3.63) is 102 Å². The summed E-state index contributed by atoms with van der Waals surface area (Å²) < 4.78 is 27.2. The minimum atomic E-state index is -3.63. The zero-order valence-corrected chi connectivity index (χ0v) is 25.4. The molecule has 230 valence electrons. The van der Waals surface area contributed by atoms with E-state index < -0.39 is 46.0 Å². The van der Waals surface area contributed by atoms with E-state index in [4.69, 9.17) is 0 Å². The maximum absolute atomic E-state index is 13.3. The normalized spacial score (nSPS) is 16.8. The standard InChI is InChI=1S/C33H41N3O6S/c1-23(2)29(33(40)34-22-25-13-7-4-8-14-25)31(38)30(37)28(21-24-11-5-3-6-12-24)35-32(39)26-15-17-27(18-16-26)43(41,42)36-19-9-10-20-36/h3-8,11-18,23,28-31,37-38H,9-10,19-22H2,1-2H3,(H,34,40)(H,35,39). The summed E-state index contributed by atoms with van der Waals surface area (Å²) in [6.07, 6.45) is -1.11. The van der Waals surface area contributed by atoms with Crippen molar-refractivity contribution in [1.29, 1.82) is 0 Å². The molecule has 0 aromatic heterocycles. The van der Waals surface area contributed by atoms with E-state index in [1.54, 1.807) is 13.8 Å². The number of carbonyl (C=O) groups excluding carboxylic acids is 2.